The van der Waals surface area contributed by atoms with Crippen LogP contribution < -0.4 is 5.32 Å². The molecule has 0 radical (unpaired) electrons. The van der Waals surface area contributed by atoms with Crippen molar-refractivity contribution in [2.24, 2.45) is 0 Å². The number of hydrogen-bond acceptors (Lipinski definition) is 3. The molecule has 2 heterocycles. The van der Waals surface area contributed by atoms with Crippen molar-refractivity contribution in [2.75, 3.05) is 32.7 Å². The lowest BCUT2D eigenvalue weighted by Crippen LogP contribution is -2.56. The second-order valence-electron chi connectivity index (χ2n) is 4.88. The fourth-order valence-corrected chi connectivity index (χ4v) is 2.52. The molecule has 2 amide bonds. The molecular formula is C12H21N3O2. The first-order valence-electron chi connectivity index (χ1n) is 6.49. The summed E-state index contributed by atoms with van der Waals surface area (Å²) in [4.78, 5) is 27.1. The normalized spacial score (nSPS) is 25.8. The largest absolute Gasteiger partial charge is 0.332 e. The molecule has 0 aliphatic carbocycles. The van der Waals surface area contributed by atoms with Crippen LogP contribution >= 0.6 is 0 Å². The Morgan fingerprint density at radius 3 is 2.59 bits per heavy atom. The van der Waals surface area contributed by atoms with Gasteiger partial charge in [-0.05, 0) is 25.8 Å². The highest BCUT2D eigenvalue weighted by Gasteiger charge is 2.31. The molecule has 0 bridgehead atoms. The molecule has 5 heteroatoms. The third-order valence-electron chi connectivity index (χ3n) is 3.45. The van der Waals surface area contributed by atoms with Crippen LogP contribution in [0.2, 0.25) is 0 Å². The lowest BCUT2D eigenvalue weighted by Gasteiger charge is -2.35. The summed E-state index contributed by atoms with van der Waals surface area (Å²) in [6.07, 6.45) is 3.18. The Kier molecular flexibility index (Phi) is 3.99. The van der Waals surface area contributed by atoms with Crippen LogP contribution in [-0.2, 0) is 9.59 Å². The quantitative estimate of drug-likeness (QED) is 0.740. The van der Waals surface area contributed by atoms with Gasteiger partial charge >= 0.3 is 0 Å². The summed E-state index contributed by atoms with van der Waals surface area (Å²) in [5, 5.41) is 3.36. The van der Waals surface area contributed by atoms with Crippen LogP contribution in [0.4, 0.5) is 0 Å². The fraction of sp³-hybridized carbons (Fsp3) is 0.833. The number of amides is 2. The minimum absolute atomic E-state index is 0.0875. The number of nitrogens with one attached hydrogen (secondary N) is 1. The zero-order valence-electron chi connectivity index (χ0n) is 10.4. The van der Waals surface area contributed by atoms with Gasteiger partial charge in [0.1, 0.15) is 0 Å². The Morgan fingerprint density at radius 2 is 1.94 bits per heavy atom. The predicted molar refractivity (Wildman–Crippen MR) is 64.5 cm³/mol. The average molecular weight is 239 g/mol. The van der Waals surface area contributed by atoms with Crippen molar-refractivity contribution in [3.8, 4) is 0 Å². The van der Waals surface area contributed by atoms with Crippen molar-refractivity contribution in [1.82, 2.24) is 15.1 Å². The van der Waals surface area contributed by atoms with E-state index in [4.69, 9.17) is 0 Å². The standard InChI is InChI=1S/C12H21N3O2/c1-2-6-14-8-12(17)15(9-11(14)16)7-10-4-3-5-13-10/h10,13H,2-9H2,1H3. The van der Waals surface area contributed by atoms with E-state index in [0.717, 1.165) is 19.4 Å². The van der Waals surface area contributed by atoms with E-state index in [2.05, 4.69) is 5.32 Å². The monoisotopic (exact) mass is 239 g/mol. The van der Waals surface area contributed by atoms with Gasteiger partial charge in [-0.15, -0.1) is 0 Å². The van der Waals surface area contributed by atoms with E-state index in [1.165, 1.54) is 6.42 Å². The summed E-state index contributed by atoms with van der Waals surface area (Å²) >= 11 is 0. The summed E-state index contributed by atoms with van der Waals surface area (Å²) in [5.41, 5.74) is 0. The minimum atomic E-state index is 0.0875. The third kappa shape index (κ3) is 2.97. The van der Waals surface area contributed by atoms with Crippen molar-refractivity contribution in [3.05, 3.63) is 0 Å². The summed E-state index contributed by atoms with van der Waals surface area (Å²) in [6.45, 7) is 4.95. The van der Waals surface area contributed by atoms with E-state index in [0.29, 0.717) is 19.1 Å². The van der Waals surface area contributed by atoms with Crippen LogP contribution in [-0.4, -0.2) is 60.4 Å². The summed E-state index contributed by atoms with van der Waals surface area (Å²) in [5.74, 6) is 0.177. The highest BCUT2D eigenvalue weighted by molar-refractivity contribution is 5.92. The Balaban J connectivity index is 1.88. The van der Waals surface area contributed by atoms with E-state index in [1.54, 1.807) is 9.80 Å². The maximum Gasteiger partial charge on any atom is 0.242 e. The van der Waals surface area contributed by atoms with Crippen molar-refractivity contribution >= 4 is 11.8 Å². The van der Waals surface area contributed by atoms with E-state index >= 15 is 0 Å². The highest BCUT2D eigenvalue weighted by atomic mass is 16.2. The zero-order chi connectivity index (χ0) is 12.3. The van der Waals surface area contributed by atoms with Crippen molar-refractivity contribution in [1.29, 1.82) is 0 Å². The molecule has 96 valence electrons. The third-order valence-corrected chi connectivity index (χ3v) is 3.45. The molecule has 17 heavy (non-hydrogen) atoms. The second kappa shape index (κ2) is 5.49. The van der Waals surface area contributed by atoms with E-state index in [9.17, 15) is 9.59 Å². The van der Waals surface area contributed by atoms with Gasteiger partial charge in [-0.3, -0.25) is 9.59 Å². The van der Waals surface area contributed by atoms with Crippen molar-refractivity contribution in [3.63, 3.8) is 0 Å². The van der Waals surface area contributed by atoms with Gasteiger partial charge in [-0.1, -0.05) is 6.92 Å². The van der Waals surface area contributed by atoms with Gasteiger partial charge in [0, 0.05) is 19.1 Å². The molecular weight excluding hydrogens is 218 g/mol. The van der Waals surface area contributed by atoms with Gasteiger partial charge in [-0.25, -0.2) is 0 Å². The van der Waals surface area contributed by atoms with Crippen molar-refractivity contribution < 1.29 is 9.59 Å². The first kappa shape index (κ1) is 12.4. The van der Waals surface area contributed by atoms with Crippen LogP contribution in [0.25, 0.3) is 0 Å². The molecule has 5 nitrogen and oxygen atoms in total. The molecule has 2 fully saturated rings. The summed E-state index contributed by atoms with van der Waals surface area (Å²) < 4.78 is 0. The molecule has 2 saturated heterocycles. The molecule has 1 N–H and O–H groups in total. The zero-order valence-corrected chi connectivity index (χ0v) is 10.4. The van der Waals surface area contributed by atoms with Gasteiger partial charge < -0.3 is 15.1 Å². The SMILES string of the molecule is CCCN1CC(=O)N(CC2CCCN2)CC1=O. The number of hydrogen-bond donors (Lipinski definition) is 1. The number of nitrogens with zero attached hydrogens (tertiary/aromatic N) is 2. The van der Waals surface area contributed by atoms with Gasteiger partial charge in [-0.2, -0.15) is 0 Å². The highest BCUT2D eigenvalue weighted by Crippen LogP contribution is 2.11. The topological polar surface area (TPSA) is 52.7 Å². The number of rotatable bonds is 4. The number of carbonyl (C=O) groups is 2. The molecule has 0 spiro atoms. The Labute approximate surface area is 102 Å². The van der Waals surface area contributed by atoms with E-state index < -0.39 is 0 Å². The molecule has 1 atom stereocenters. The van der Waals surface area contributed by atoms with Crippen LogP contribution in [0.15, 0.2) is 0 Å². The van der Waals surface area contributed by atoms with Crippen LogP contribution in [0.5, 0.6) is 0 Å². The predicted octanol–water partition coefficient (Wildman–Crippen LogP) is -0.181. The Morgan fingerprint density at radius 1 is 1.24 bits per heavy atom. The Hall–Kier alpha value is -1.10. The second-order valence-corrected chi connectivity index (χ2v) is 4.88. The molecule has 0 aromatic carbocycles. The summed E-state index contributed by atoms with van der Waals surface area (Å²) in [6, 6.07) is 0.379. The molecule has 0 saturated carbocycles. The molecule has 2 rings (SSSR count). The molecule has 2 aliphatic heterocycles. The minimum Gasteiger partial charge on any atom is -0.332 e. The maximum atomic E-state index is 11.9. The first-order chi connectivity index (χ1) is 8.20. The summed E-state index contributed by atoms with van der Waals surface area (Å²) in [7, 11) is 0. The molecule has 0 aromatic heterocycles. The Bertz CT molecular complexity index is 300. The molecule has 1 unspecified atom stereocenters. The van der Waals surface area contributed by atoms with Crippen LogP contribution in [0.3, 0.4) is 0 Å². The molecule has 2 aliphatic rings. The number of carbonyl (C=O) groups excluding carboxylic acids is 2. The van der Waals surface area contributed by atoms with Gasteiger partial charge in [0.05, 0.1) is 13.1 Å². The number of piperazine rings is 1. The first-order valence-corrected chi connectivity index (χ1v) is 6.49. The molecule has 0 aromatic rings. The van der Waals surface area contributed by atoms with E-state index in [-0.39, 0.29) is 24.9 Å². The van der Waals surface area contributed by atoms with Crippen molar-refractivity contribution in [2.45, 2.75) is 32.2 Å². The van der Waals surface area contributed by atoms with Crippen LogP contribution in [0, 0.1) is 0 Å². The van der Waals surface area contributed by atoms with E-state index in [1.807, 2.05) is 6.92 Å². The average Bonchev–Trinajstić information content (AvgIpc) is 2.78. The fourth-order valence-electron chi connectivity index (χ4n) is 2.52. The lowest BCUT2D eigenvalue weighted by molar-refractivity contribution is -0.150. The van der Waals surface area contributed by atoms with Gasteiger partial charge in [0.25, 0.3) is 0 Å². The maximum absolute atomic E-state index is 11.9. The lowest BCUT2D eigenvalue weighted by atomic mass is 10.2. The van der Waals surface area contributed by atoms with Crippen LogP contribution in [0.1, 0.15) is 26.2 Å². The smallest absolute Gasteiger partial charge is 0.242 e. The van der Waals surface area contributed by atoms with Gasteiger partial charge in [0.2, 0.25) is 11.8 Å². The van der Waals surface area contributed by atoms with Gasteiger partial charge in [0.15, 0.2) is 0 Å².